The van der Waals surface area contributed by atoms with Crippen molar-refractivity contribution in [2.75, 3.05) is 0 Å². The maximum atomic E-state index is 10.9. The number of nitrogens with zero attached hydrogens (tertiary/aromatic N) is 1. The van der Waals surface area contributed by atoms with E-state index in [1.54, 1.807) is 6.92 Å². The lowest BCUT2D eigenvalue weighted by Crippen LogP contribution is -1.98. The summed E-state index contributed by atoms with van der Waals surface area (Å²) in [5.74, 6) is -0.977. The standard InChI is InChI=1S/C11H8BrNO2S/c1-6-9(11(14)15)13-10(16-6)7-3-2-4-8(12)5-7/h2-5H,1H3,(H,14,15). The van der Waals surface area contributed by atoms with Crippen LogP contribution in [-0.4, -0.2) is 16.1 Å². The molecule has 0 fully saturated rings. The number of hydrogen-bond acceptors (Lipinski definition) is 3. The highest BCUT2D eigenvalue weighted by Crippen LogP contribution is 2.29. The predicted molar refractivity (Wildman–Crippen MR) is 66.9 cm³/mol. The Morgan fingerprint density at radius 1 is 1.50 bits per heavy atom. The normalized spacial score (nSPS) is 10.4. The van der Waals surface area contributed by atoms with Crippen LogP contribution in [0.2, 0.25) is 0 Å². The molecule has 0 aliphatic heterocycles. The molecule has 0 unspecified atom stereocenters. The van der Waals surface area contributed by atoms with Crippen LogP contribution in [-0.2, 0) is 0 Å². The average Bonchev–Trinajstić information content (AvgIpc) is 2.60. The lowest BCUT2D eigenvalue weighted by atomic mass is 10.2. The van der Waals surface area contributed by atoms with Crippen molar-refractivity contribution in [2.45, 2.75) is 6.92 Å². The van der Waals surface area contributed by atoms with E-state index in [0.717, 1.165) is 19.9 Å². The summed E-state index contributed by atoms with van der Waals surface area (Å²) in [5, 5.41) is 9.65. The van der Waals surface area contributed by atoms with E-state index in [2.05, 4.69) is 20.9 Å². The molecule has 5 heteroatoms. The Morgan fingerprint density at radius 3 is 2.81 bits per heavy atom. The SMILES string of the molecule is Cc1sc(-c2cccc(Br)c2)nc1C(=O)O. The van der Waals surface area contributed by atoms with Gasteiger partial charge in [0.25, 0.3) is 0 Å². The molecule has 82 valence electrons. The van der Waals surface area contributed by atoms with Gasteiger partial charge in [-0.3, -0.25) is 0 Å². The Balaban J connectivity index is 2.49. The topological polar surface area (TPSA) is 50.2 Å². The van der Waals surface area contributed by atoms with Gasteiger partial charge >= 0.3 is 5.97 Å². The number of hydrogen-bond donors (Lipinski definition) is 1. The molecule has 2 aromatic rings. The van der Waals surface area contributed by atoms with E-state index in [0.29, 0.717) is 0 Å². The summed E-state index contributed by atoms with van der Waals surface area (Å²) >= 11 is 4.77. The van der Waals surface area contributed by atoms with Gasteiger partial charge in [-0.2, -0.15) is 0 Å². The third-order valence-corrected chi connectivity index (χ3v) is 3.58. The molecular weight excluding hydrogens is 290 g/mol. The second-order valence-corrected chi connectivity index (χ2v) is 5.36. The van der Waals surface area contributed by atoms with E-state index in [1.165, 1.54) is 11.3 Å². The molecule has 1 heterocycles. The number of carbonyl (C=O) groups is 1. The highest BCUT2D eigenvalue weighted by Gasteiger charge is 2.14. The van der Waals surface area contributed by atoms with Crippen LogP contribution in [0.4, 0.5) is 0 Å². The molecule has 16 heavy (non-hydrogen) atoms. The summed E-state index contributed by atoms with van der Waals surface area (Å²) in [6.07, 6.45) is 0. The molecule has 0 bridgehead atoms. The first kappa shape index (κ1) is 11.3. The number of benzene rings is 1. The van der Waals surface area contributed by atoms with Crippen molar-refractivity contribution >= 4 is 33.2 Å². The highest BCUT2D eigenvalue weighted by molar-refractivity contribution is 9.10. The smallest absolute Gasteiger partial charge is 0.355 e. The zero-order valence-electron chi connectivity index (χ0n) is 8.40. The molecule has 0 atom stereocenters. The van der Waals surface area contributed by atoms with Gasteiger partial charge in [-0.15, -0.1) is 11.3 Å². The molecule has 1 aromatic carbocycles. The number of aromatic carboxylic acids is 1. The van der Waals surface area contributed by atoms with E-state index in [9.17, 15) is 4.79 Å². The number of thiazole rings is 1. The fourth-order valence-corrected chi connectivity index (χ4v) is 2.64. The van der Waals surface area contributed by atoms with E-state index in [4.69, 9.17) is 5.11 Å². The number of aromatic nitrogens is 1. The van der Waals surface area contributed by atoms with E-state index >= 15 is 0 Å². The van der Waals surface area contributed by atoms with Crippen LogP contribution in [0.25, 0.3) is 10.6 Å². The number of carboxylic acids is 1. The Morgan fingerprint density at radius 2 is 2.25 bits per heavy atom. The summed E-state index contributed by atoms with van der Waals surface area (Å²) < 4.78 is 0.953. The minimum absolute atomic E-state index is 0.139. The minimum atomic E-state index is -0.977. The average molecular weight is 298 g/mol. The lowest BCUT2D eigenvalue weighted by molar-refractivity contribution is 0.0690. The lowest BCUT2D eigenvalue weighted by Gasteiger charge is -1.95. The van der Waals surface area contributed by atoms with Crippen molar-refractivity contribution in [1.82, 2.24) is 4.98 Å². The first-order valence-corrected chi connectivity index (χ1v) is 6.15. The van der Waals surface area contributed by atoms with E-state index in [1.807, 2.05) is 24.3 Å². The van der Waals surface area contributed by atoms with Gasteiger partial charge in [-0.05, 0) is 19.1 Å². The number of rotatable bonds is 2. The van der Waals surface area contributed by atoms with Crippen LogP contribution in [0, 0.1) is 6.92 Å². The zero-order chi connectivity index (χ0) is 11.7. The molecule has 1 aromatic heterocycles. The Labute approximate surface area is 105 Å². The van der Waals surface area contributed by atoms with Gasteiger partial charge in [0, 0.05) is 14.9 Å². The maximum Gasteiger partial charge on any atom is 0.355 e. The third-order valence-electron chi connectivity index (χ3n) is 2.07. The first-order valence-electron chi connectivity index (χ1n) is 4.54. The number of aryl methyl sites for hydroxylation is 1. The molecule has 0 amide bonds. The number of carboxylic acid groups (broad SMARTS) is 1. The summed E-state index contributed by atoms with van der Waals surface area (Å²) in [5.41, 5.74) is 1.06. The Bertz CT molecular complexity index is 551. The van der Waals surface area contributed by atoms with Crippen molar-refractivity contribution < 1.29 is 9.90 Å². The second kappa shape index (κ2) is 4.35. The molecule has 0 radical (unpaired) electrons. The summed E-state index contributed by atoms with van der Waals surface area (Å²) in [4.78, 5) is 15.7. The van der Waals surface area contributed by atoms with Crippen LogP contribution in [0.15, 0.2) is 28.7 Å². The Hall–Kier alpha value is -1.20. The van der Waals surface area contributed by atoms with Crippen molar-refractivity contribution in [3.63, 3.8) is 0 Å². The van der Waals surface area contributed by atoms with Gasteiger partial charge in [0.1, 0.15) is 5.01 Å². The van der Waals surface area contributed by atoms with Gasteiger partial charge < -0.3 is 5.11 Å². The molecule has 0 aliphatic carbocycles. The fourth-order valence-electron chi connectivity index (χ4n) is 1.34. The van der Waals surface area contributed by atoms with Crippen LogP contribution in [0.5, 0.6) is 0 Å². The summed E-state index contributed by atoms with van der Waals surface area (Å²) in [7, 11) is 0. The van der Waals surface area contributed by atoms with Crippen LogP contribution in [0.3, 0.4) is 0 Å². The fraction of sp³-hybridized carbons (Fsp3) is 0.0909. The van der Waals surface area contributed by atoms with Crippen molar-refractivity contribution in [2.24, 2.45) is 0 Å². The van der Waals surface area contributed by atoms with Crippen molar-refractivity contribution in [3.8, 4) is 10.6 Å². The highest BCUT2D eigenvalue weighted by atomic mass is 79.9. The maximum absolute atomic E-state index is 10.9. The second-order valence-electron chi connectivity index (χ2n) is 3.24. The van der Waals surface area contributed by atoms with Gasteiger partial charge in [0.2, 0.25) is 0 Å². The monoisotopic (exact) mass is 297 g/mol. The molecular formula is C11H8BrNO2S. The molecule has 3 nitrogen and oxygen atoms in total. The van der Waals surface area contributed by atoms with E-state index < -0.39 is 5.97 Å². The third kappa shape index (κ3) is 2.15. The summed E-state index contributed by atoms with van der Waals surface area (Å²) in [6.45, 7) is 1.77. The molecule has 0 spiro atoms. The van der Waals surface area contributed by atoms with Gasteiger partial charge in [-0.25, -0.2) is 9.78 Å². The van der Waals surface area contributed by atoms with Crippen molar-refractivity contribution in [1.29, 1.82) is 0 Å². The van der Waals surface area contributed by atoms with Gasteiger partial charge in [0.15, 0.2) is 5.69 Å². The van der Waals surface area contributed by atoms with Crippen LogP contribution >= 0.6 is 27.3 Å². The van der Waals surface area contributed by atoms with Crippen LogP contribution in [0.1, 0.15) is 15.4 Å². The molecule has 0 saturated heterocycles. The zero-order valence-corrected chi connectivity index (χ0v) is 10.8. The Kier molecular flexibility index (Phi) is 3.07. The van der Waals surface area contributed by atoms with Crippen LogP contribution < -0.4 is 0 Å². The molecule has 0 aliphatic rings. The quantitative estimate of drug-likeness (QED) is 0.922. The summed E-state index contributed by atoms with van der Waals surface area (Å²) in [6, 6.07) is 7.65. The van der Waals surface area contributed by atoms with E-state index in [-0.39, 0.29) is 5.69 Å². The minimum Gasteiger partial charge on any atom is -0.476 e. The largest absolute Gasteiger partial charge is 0.476 e. The van der Waals surface area contributed by atoms with Crippen molar-refractivity contribution in [3.05, 3.63) is 39.3 Å². The molecule has 1 N–H and O–H groups in total. The van der Waals surface area contributed by atoms with Gasteiger partial charge in [-0.1, -0.05) is 28.1 Å². The first-order chi connectivity index (χ1) is 7.58. The number of halogens is 1. The van der Waals surface area contributed by atoms with Gasteiger partial charge in [0.05, 0.1) is 0 Å². The molecule has 0 saturated carbocycles. The predicted octanol–water partition coefficient (Wildman–Crippen LogP) is 3.58. The molecule has 2 rings (SSSR count).